The minimum atomic E-state index is -0.777. The predicted molar refractivity (Wildman–Crippen MR) is 159 cm³/mol. The molecule has 1 N–H and O–H groups in total. The Morgan fingerprint density at radius 1 is 0.976 bits per heavy atom. The fourth-order valence-electron chi connectivity index (χ4n) is 5.22. The number of morpholine rings is 1. The lowest BCUT2D eigenvalue weighted by Crippen LogP contribution is -2.39. The zero-order valence-electron chi connectivity index (χ0n) is 22.9. The molecule has 5 rings (SSSR count). The number of hydrogen-bond donors (Lipinski definition) is 1. The molecular weight excluding hydrogens is 588 g/mol. The lowest BCUT2D eigenvalue weighted by atomic mass is 9.95. The summed E-state index contributed by atoms with van der Waals surface area (Å²) in [5, 5.41) is 11.4. The van der Waals surface area contributed by atoms with E-state index in [1.807, 2.05) is 36.4 Å². The molecule has 9 heteroatoms. The van der Waals surface area contributed by atoms with E-state index in [9.17, 15) is 14.7 Å². The highest BCUT2D eigenvalue weighted by atomic mass is 79.9. The number of ether oxygens (including phenoxy) is 3. The molecule has 41 heavy (non-hydrogen) atoms. The standard InChI is InChI=1S/C32H33BrN2O6/c1-39-27-20-24(10-13-26(27)41-21-22-6-3-2-4-7-22)29-28(30(36)23-8-11-25(33)12-9-23)31(37)32(38)35(29)15-5-14-34-16-18-40-19-17-34/h2-4,6-13,20,29,36H,5,14-19,21H2,1H3/b30-28+. The summed E-state index contributed by atoms with van der Waals surface area (Å²) < 4.78 is 18.0. The van der Waals surface area contributed by atoms with Gasteiger partial charge in [-0.05, 0) is 41.8 Å². The first-order chi connectivity index (χ1) is 20.0. The molecule has 3 aromatic rings. The normalized spacial score (nSPS) is 19.0. The van der Waals surface area contributed by atoms with Crippen molar-refractivity contribution in [2.75, 3.05) is 46.5 Å². The average molecular weight is 622 g/mol. The van der Waals surface area contributed by atoms with E-state index in [2.05, 4.69) is 20.8 Å². The maximum atomic E-state index is 13.4. The van der Waals surface area contributed by atoms with Gasteiger partial charge in [0.25, 0.3) is 11.7 Å². The molecular formula is C32H33BrN2O6. The van der Waals surface area contributed by atoms with Crippen LogP contribution in [0.1, 0.15) is 29.2 Å². The Morgan fingerprint density at radius 2 is 1.71 bits per heavy atom. The van der Waals surface area contributed by atoms with Crippen molar-refractivity contribution in [3.63, 3.8) is 0 Å². The van der Waals surface area contributed by atoms with Crippen LogP contribution in [-0.2, 0) is 20.9 Å². The molecule has 2 saturated heterocycles. The van der Waals surface area contributed by atoms with Crippen molar-refractivity contribution in [3.8, 4) is 11.5 Å². The summed E-state index contributed by atoms with van der Waals surface area (Å²) in [5.74, 6) is -0.526. The largest absolute Gasteiger partial charge is 0.507 e. The fraction of sp³-hybridized carbons (Fsp3) is 0.312. The quantitative estimate of drug-likeness (QED) is 0.190. The topological polar surface area (TPSA) is 88.5 Å². The summed E-state index contributed by atoms with van der Waals surface area (Å²) in [6, 6.07) is 21.4. The molecule has 8 nitrogen and oxygen atoms in total. The number of hydrogen-bond acceptors (Lipinski definition) is 7. The number of carbonyl (C=O) groups excluding carboxylic acids is 2. The molecule has 1 unspecified atom stereocenters. The van der Waals surface area contributed by atoms with Gasteiger partial charge in [-0.3, -0.25) is 14.5 Å². The molecule has 0 aromatic heterocycles. The van der Waals surface area contributed by atoms with Gasteiger partial charge in [0.05, 0.1) is 31.9 Å². The second-order valence-corrected chi connectivity index (χ2v) is 10.9. The number of aliphatic hydroxyl groups excluding tert-OH is 1. The van der Waals surface area contributed by atoms with E-state index in [0.29, 0.717) is 55.4 Å². The number of halogens is 1. The van der Waals surface area contributed by atoms with Crippen LogP contribution in [0.15, 0.2) is 82.8 Å². The second-order valence-electron chi connectivity index (χ2n) is 9.99. The monoisotopic (exact) mass is 620 g/mol. The molecule has 0 radical (unpaired) electrons. The number of carbonyl (C=O) groups is 2. The lowest BCUT2D eigenvalue weighted by Gasteiger charge is -2.29. The van der Waals surface area contributed by atoms with Gasteiger partial charge in [0.2, 0.25) is 0 Å². The van der Waals surface area contributed by atoms with Gasteiger partial charge >= 0.3 is 0 Å². The molecule has 2 fully saturated rings. The van der Waals surface area contributed by atoms with E-state index in [1.54, 1.807) is 48.4 Å². The molecule has 1 amide bonds. The second kappa shape index (κ2) is 13.3. The zero-order chi connectivity index (χ0) is 28.8. The van der Waals surface area contributed by atoms with Gasteiger partial charge in [0, 0.05) is 36.2 Å². The Morgan fingerprint density at radius 3 is 2.41 bits per heavy atom. The van der Waals surface area contributed by atoms with Gasteiger partial charge in [0.15, 0.2) is 11.5 Å². The molecule has 0 saturated carbocycles. The van der Waals surface area contributed by atoms with Crippen LogP contribution in [0.5, 0.6) is 11.5 Å². The molecule has 3 aromatic carbocycles. The van der Waals surface area contributed by atoms with E-state index >= 15 is 0 Å². The van der Waals surface area contributed by atoms with Crippen LogP contribution >= 0.6 is 15.9 Å². The summed E-state index contributed by atoms with van der Waals surface area (Å²) in [6.45, 7) is 4.56. The smallest absolute Gasteiger partial charge is 0.295 e. The van der Waals surface area contributed by atoms with Crippen LogP contribution in [0.4, 0.5) is 0 Å². The Balaban J connectivity index is 1.47. The van der Waals surface area contributed by atoms with Gasteiger partial charge in [-0.2, -0.15) is 0 Å². The highest BCUT2D eigenvalue weighted by molar-refractivity contribution is 9.10. The van der Waals surface area contributed by atoms with Crippen LogP contribution in [-0.4, -0.2) is 73.1 Å². The van der Waals surface area contributed by atoms with Crippen LogP contribution in [0, 0.1) is 0 Å². The predicted octanol–water partition coefficient (Wildman–Crippen LogP) is 5.18. The van der Waals surface area contributed by atoms with E-state index < -0.39 is 17.7 Å². The van der Waals surface area contributed by atoms with Gasteiger partial charge in [-0.25, -0.2) is 0 Å². The summed E-state index contributed by atoms with van der Waals surface area (Å²) in [6.07, 6.45) is 0.678. The first-order valence-electron chi connectivity index (χ1n) is 13.7. The minimum absolute atomic E-state index is 0.0590. The highest BCUT2D eigenvalue weighted by Crippen LogP contribution is 2.42. The van der Waals surface area contributed by atoms with Crippen molar-refractivity contribution in [2.24, 2.45) is 0 Å². The van der Waals surface area contributed by atoms with E-state index in [-0.39, 0.29) is 11.3 Å². The Labute approximate surface area is 248 Å². The van der Waals surface area contributed by atoms with Gasteiger partial charge in [-0.15, -0.1) is 0 Å². The van der Waals surface area contributed by atoms with Crippen molar-refractivity contribution in [1.82, 2.24) is 9.80 Å². The number of methoxy groups -OCH3 is 1. The first-order valence-corrected chi connectivity index (χ1v) is 14.4. The number of nitrogens with zero attached hydrogens (tertiary/aromatic N) is 2. The van der Waals surface area contributed by atoms with Crippen LogP contribution in [0.3, 0.4) is 0 Å². The zero-order valence-corrected chi connectivity index (χ0v) is 24.5. The molecule has 2 aliphatic heterocycles. The third kappa shape index (κ3) is 6.64. The summed E-state index contributed by atoms with van der Waals surface area (Å²) >= 11 is 3.40. The minimum Gasteiger partial charge on any atom is -0.507 e. The molecule has 2 aliphatic rings. The Bertz CT molecular complexity index is 1400. The number of aliphatic hydroxyl groups is 1. The summed E-state index contributed by atoms with van der Waals surface area (Å²) in [5.41, 5.74) is 2.18. The summed E-state index contributed by atoms with van der Waals surface area (Å²) in [4.78, 5) is 30.7. The van der Waals surface area contributed by atoms with E-state index in [0.717, 1.165) is 29.7 Å². The molecule has 1 atom stereocenters. The highest BCUT2D eigenvalue weighted by Gasteiger charge is 2.46. The Hall–Kier alpha value is -3.66. The number of likely N-dealkylation sites (tertiary alicyclic amines) is 1. The van der Waals surface area contributed by atoms with Crippen molar-refractivity contribution in [1.29, 1.82) is 0 Å². The molecule has 0 aliphatic carbocycles. The molecule has 0 spiro atoms. The number of amides is 1. The van der Waals surface area contributed by atoms with Crippen molar-refractivity contribution in [3.05, 3.63) is 99.5 Å². The first kappa shape index (κ1) is 28.9. The number of Topliss-reactive ketones (excluding diaryl/α,β-unsaturated/α-hetero) is 1. The van der Waals surface area contributed by atoms with Gasteiger partial charge in [0.1, 0.15) is 12.4 Å². The van der Waals surface area contributed by atoms with Crippen LogP contribution in [0.2, 0.25) is 0 Å². The van der Waals surface area contributed by atoms with Crippen molar-refractivity contribution >= 4 is 33.4 Å². The van der Waals surface area contributed by atoms with Crippen molar-refractivity contribution in [2.45, 2.75) is 19.1 Å². The number of ketones is 1. The van der Waals surface area contributed by atoms with Crippen LogP contribution < -0.4 is 9.47 Å². The molecule has 0 bridgehead atoms. The third-order valence-electron chi connectivity index (χ3n) is 7.38. The number of rotatable bonds is 10. The number of benzene rings is 3. The lowest BCUT2D eigenvalue weighted by molar-refractivity contribution is -0.140. The average Bonchev–Trinajstić information content (AvgIpc) is 3.26. The van der Waals surface area contributed by atoms with Crippen molar-refractivity contribution < 1.29 is 28.9 Å². The third-order valence-corrected chi connectivity index (χ3v) is 7.90. The molecule has 214 valence electrons. The van der Waals surface area contributed by atoms with Gasteiger partial charge < -0.3 is 24.2 Å². The SMILES string of the molecule is COc1cc(C2/C(=C(\O)c3ccc(Br)cc3)C(=O)C(=O)N2CCCN2CCOCC2)ccc1OCc1ccccc1. The maximum Gasteiger partial charge on any atom is 0.295 e. The Kier molecular flexibility index (Phi) is 9.38. The molecule has 2 heterocycles. The van der Waals surface area contributed by atoms with E-state index in [4.69, 9.17) is 14.2 Å². The van der Waals surface area contributed by atoms with Gasteiger partial charge in [-0.1, -0.05) is 64.5 Å². The maximum absolute atomic E-state index is 13.4. The summed E-state index contributed by atoms with van der Waals surface area (Å²) in [7, 11) is 1.55. The fourth-order valence-corrected chi connectivity index (χ4v) is 5.48. The van der Waals surface area contributed by atoms with Crippen LogP contribution in [0.25, 0.3) is 5.76 Å². The van der Waals surface area contributed by atoms with E-state index in [1.165, 1.54) is 0 Å².